The Kier molecular flexibility index (Phi) is 5.23. The highest BCUT2D eigenvalue weighted by Gasteiger charge is 2.31. The summed E-state index contributed by atoms with van der Waals surface area (Å²) in [6.07, 6.45) is 2.52. The van der Waals surface area contributed by atoms with Crippen LogP contribution in [0.3, 0.4) is 0 Å². The molecule has 0 aliphatic carbocycles. The number of piperidine rings is 1. The first-order chi connectivity index (χ1) is 11.5. The highest BCUT2D eigenvalue weighted by molar-refractivity contribution is 5.16. The molecule has 24 heavy (non-hydrogen) atoms. The average molecular weight is 331 g/mol. The summed E-state index contributed by atoms with van der Waals surface area (Å²) >= 11 is 0. The molecule has 2 atom stereocenters. The second-order valence-electron chi connectivity index (χ2n) is 7.25. The minimum atomic E-state index is -0.224. The van der Waals surface area contributed by atoms with Crippen molar-refractivity contribution >= 4 is 0 Å². The number of nitrogens with zero attached hydrogens (tertiary/aromatic N) is 5. The van der Waals surface area contributed by atoms with Crippen molar-refractivity contribution in [2.45, 2.75) is 46.2 Å². The number of rotatable bonds is 5. The Morgan fingerprint density at radius 2 is 2.00 bits per heavy atom. The van der Waals surface area contributed by atoms with Gasteiger partial charge in [0.25, 0.3) is 0 Å². The van der Waals surface area contributed by atoms with Gasteiger partial charge in [0.1, 0.15) is 5.82 Å². The molecule has 1 aliphatic rings. The van der Waals surface area contributed by atoms with E-state index < -0.39 is 0 Å². The van der Waals surface area contributed by atoms with Gasteiger partial charge in [-0.25, -0.2) is 9.07 Å². The van der Waals surface area contributed by atoms with Crippen LogP contribution < -0.4 is 0 Å². The number of likely N-dealkylation sites (tertiary alicyclic amines) is 1. The molecule has 1 fully saturated rings. The Morgan fingerprint density at radius 3 is 2.67 bits per heavy atom. The summed E-state index contributed by atoms with van der Waals surface area (Å²) in [5.74, 6) is 1.82. The lowest BCUT2D eigenvalue weighted by atomic mass is 9.94. The average Bonchev–Trinajstić information content (AvgIpc) is 2.97. The van der Waals surface area contributed by atoms with Crippen LogP contribution in [0.1, 0.15) is 51.0 Å². The van der Waals surface area contributed by atoms with Crippen LogP contribution in [0.5, 0.6) is 0 Å². The highest BCUT2D eigenvalue weighted by atomic mass is 19.1. The maximum absolute atomic E-state index is 13.1. The zero-order valence-electron chi connectivity index (χ0n) is 14.7. The van der Waals surface area contributed by atoms with E-state index in [0.29, 0.717) is 18.4 Å². The summed E-state index contributed by atoms with van der Waals surface area (Å²) in [6, 6.07) is 6.74. The molecule has 1 aromatic carbocycles. The SMILES string of the molecule is CC1CCCN(C(c2nnnn2Cc2ccc(F)cc2)C(C)C)C1. The summed E-state index contributed by atoms with van der Waals surface area (Å²) in [7, 11) is 0. The quantitative estimate of drug-likeness (QED) is 0.843. The second kappa shape index (κ2) is 7.38. The molecule has 130 valence electrons. The summed E-state index contributed by atoms with van der Waals surface area (Å²) < 4.78 is 15.0. The van der Waals surface area contributed by atoms with Crippen molar-refractivity contribution in [2.75, 3.05) is 13.1 Å². The van der Waals surface area contributed by atoms with Gasteiger partial charge < -0.3 is 0 Å². The van der Waals surface area contributed by atoms with Crippen LogP contribution in [0.15, 0.2) is 24.3 Å². The van der Waals surface area contributed by atoms with Gasteiger partial charge in [-0.3, -0.25) is 4.90 Å². The molecule has 0 amide bonds. The number of tetrazole rings is 1. The van der Waals surface area contributed by atoms with E-state index in [1.807, 2.05) is 4.68 Å². The molecule has 1 aliphatic heterocycles. The highest BCUT2D eigenvalue weighted by Crippen LogP contribution is 2.31. The number of hydrogen-bond acceptors (Lipinski definition) is 4. The molecule has 2 aromatic rings. The first kappa shape index (κ1) is 17.0. The molecule has 0 saturated carbocycles. The standard InChI is InChI=1S/C18H26FN5/c1-13(2)17(23-10-4-5-14(3)11-23)18-20-21-22-24(18)12-15-6-8-16(19)9-7-15/h6-9,13-14,17H,4-5,10-12H2,1-3H3. The van der Waals surface area contributed by atoms with Crippen molar-refractivity contribution < 1.29 is 4.39 Å². The van der Waals surface area contributed by atoms with Crippen molar-refractivity contribution in [3.63, 3.8) is 0 Å². The van der Waals surface area contributed by atoms with Gasteiger partial charge in [0, 0.05) is 6.54 Å². The molecule has 1 saturated heterocycles. The molecular weight excluding hydrogens is 305 g/mol. The monoisotopic (exact) mass is 331 g/mol. The fraction of sp³-hybridized carbons (Fsp3) is 0.611. The van der Waals surface area contributed by atoms with Crippen molar-refractivity contribution in [1.82, 2.24) is 25.1 Å². The molecule has 6 heteroatoms. The largest absolute Gasteiger partial charge is 0.293 e. The predicted octanol–water partition coefficient (Wildman–Crippen LogP) is 3.29. The number of hydrogen-bond donors (Lipinski definition) is 0. The van der Waals surface area contributed by atoms with Crippen LogP contribution in [0.25, 0.3) is 0 Å². The summed E-state index contributed by atoms with van der Waals surface area (Å²) in [6.45, 7) is 9.50. The van der Waals surface area contributed by atoms with Crippen molar-refractivity contribution in [2.24, 2.45) is 11.8 Å². The number of benzene rings is 1. The molecule has 1 aromatic heterocycles. The van der Waals surface area contributed by atoms with Gasteiger partial charge in [-0.05, 0) is 59.3 Å². The minimum absolute atomic E-state index is 0.211. The van der Waals surface area contributed by atoms with Crippen LogP contribution in [0, 0.1) is 17.7 Å². The first-order valence-corrected chi connectivity index (χ1v) is 8.79. The van der Waals surface area contributed by atoms with Crippen LogP contribution in [-0.4, -0.2) is 38.2 Å². The summed E-state index contributed by atoms with van der Waals surface area (Å²) in [5, 5.41) is 12.4. The minimum Gasteiger partial charge on any atom is -0.293 e. The van der Waals surface area contributed by atoms with Crippen molar-refractivity contribution in [3.8, 4) is 0 Å². The molecule has 0 N–H and O–H groups in total. The maximum atomic E-state index is 13.1. The number of halogens is 1. The van der Waals surface area contributed by atoms with Crippen LogP contribution >= 0.6 is 0 Å². The normalized spacial score (nSPS) is 20.5. The smallest absolute Gasteiger partial charge is 0.169 e. The molecule has 2 heterocycles. The van der Waals surface area contributed by atoms with E-state index in [1.54, 1.807) is 12.1 Å². The van der Waals surface area contributed by atoms with Gasteiger partial charge in [-0.1, -0.05) is 32.9 Å². The third-order valence-corrected chi connectivity index (χ3v) is 4.78. The van der Waals surface area contributed by atoms with Gasteiger partial charge in [-0.15, -0.1) is 5.10 Å². The van der Waals surface area contributed by atoms with Crippen LogP contribution in [0.2, 0.25) is 0 Å². The van der Waals surface area contributed by atoms with Gasteiger partial charge >= 0.3 is 0 Å². The zero-order chi connectivity index (χ0) is 17.1. The fourth-order valence-corrected chi connectivity index (χ4v) is 3.66. The van der Waals surface area contributed by atoms with E-state index in [4.69, 9.17) is 0 Å². The lowest BCUT2D eigenvalue weighted by Crippen LogP contribution is -2.40. The van der Waals surface area contributed by atoms with Gasteiger partial charge in [-0.2, -0.15) is 0 Å². The van der Waals surface area contributed by atoms with E-state index in [0.717, 1.165) is 24.5 Å². The predicted molar refractivity (Wildman–Crippen MR) is 90.9 cm³/mol. The molecule has 3 rings (SSSR count). The Balaban J connectivity index is 1.84. The maximum Gasteiger partial charge on any atom is 0.169 e. The van der Waals surface area contributed by atoms with E-state index in [-0.39, 0.29) is 11.9 Å². The van der Waals surface area contributed by atoms with Crippen LogP contribution in [-0.2, 0) is 6.54 Å². The first-order valence-electron chi connectivity index (χ1n) is 8.79. The van der Waals surface area contributed by atoms with Gasteiger partial charge in [0.2, 0.25) is 0 Å². The topological polar surface area (TPSA) is 46.8 Å². The third-order valence-electron chi connectivity index (χ3n) is 4.78. The van der Waals surface area contributed by atoms with Gasteiger partial charge in [0.15, 0.2) is 5.82 Å². The molecule has 0 radical (unpaired) electrons. The Morgan fingerprint density at radius 1 is 1.25 bits per heavy atom. The second-order valence-corrected chi connectivity index (χ2v) is 7.25. The van der Waals surface area contributed by atoms with E-state index in [1.165, 1.54) is 25.0 Å². The molecule has 0 spiro atoms. The summed E-state index contributed by atoms with van der Waals surface area (Å²) in [5.41, 5.74) is 1.000. The van der Waals surface area contributed by atoms with Crippen molar-refractivity contribution in [1.29, 1.82) is 0 Å². The summed E-state index contributed by atoms with van der Waals surface area (Å²) in [4.78, 5) is 2.52. The fourth-order valence-electron chi connectivity index (χ4n) is 3.66. The third kappa shape index (κ3) is 3.80. The van der Waals surface area contributed by atoms with E-state index in [2.05, 4.69) is 41.2 Å². The van der Waals surface area contributed by atoms with Gasteiger partial charge in [0.05, 0.1) is 12.6 Å². The van der Waals surface area contributed by atoms with E-state index in [9.17, 15) is 4.39 Å². The Labute approximate surface area is 142 Å². The Hall–Kier alpha value is -1.82. The van der Waals surface area contributed by atoms with Crippen LogP contribution in [0.4, 0.5) is 4.39 Å². The number of aromatic nitrogens is 4. The lowest BCUT2D eigenvalue weighted by molar-refractivity contribution is 0.0926. The zero-order valence-corrected chi connectivity index (χ0v) is 14.7. The molecule has 2 unspecified atom stereocenters. The molecule has 5 nitrogen and oxygen atoms in total. The Bertz CT molecular complexity index is 652. The molecule has 0 bridgehead atoms. The molecular formula is C18H26FN5. The lowest BCUT2D eigenvalue weighted by Gasteiger charge is -2.38. The van der Waals surface area contributed by atoms with Crippen molar-refractivity contribution in [3.05, 3.63) is 41.5 Å². The van der Waals surface area contributed by atoms with E-state index >= 15 is 0 Å².